The fourth-order valence-electron chi connectivity index (χ4n) is 2.94. The van der Waals surface area contributed by atoms with Gasteiger partial charge in [0.15, 0.2) is 5.78 Å². The molecule has 0 aliphatic carbocycles. The van der Waals surface area contributed by atoms with Gasteiger partial charge in [0.25, 0.3) is 5.56 Å². The maximum absolute atomic E-state index is 14.2. The Morgan fingerprint density at radius 2 is 1.90 bits per heavy atom. The van der Waals surface area contributed by atoms with E-state index in [2.05, 4.69) is 15.0 Å². The van der Waals surface area contributed by atoms with Gasteiger partial charge in [0.05, 0.1) is 5.39 Å². The molecule has 1 aromatic heterocycles. The molecule has 0 saturated carbocycles. The number of Topliss-reactive ketones (excluding diaryl/α,β-unsaturated/α-hetero) is 1. The molecule has 0 aliphatic heterocycles. The lowest BCUT2D eigenvalue weighted by Gasteiger charge is -2.14. The van der Waals surface area contributed by atoms with Crippen LogP contribution >= 0.6 is 0 Å². The molecule has 30 heavy (non-hydrogen) atoms. The molecule has 3 rings (SSSR count). The van der Waals surface area contributed by atoms with E-state index in [1.807, 2.05) is 0 Å². The van der Waals surface area contributed by atoms with Gasteiger partial charge in [-0.2, -0.15) is 0 Å². The molecule has 0 unspecified atom stereocenters. The van der Waals surface area contributed by atoms with E-state index in [4.69, 9.17) is 0 Å². The summed E-state index contributed by atoms with van der Waals surface area (Å²) in [6.07, 6.45) is -5.17. The Balaban J connectivity index is 1.73. The van der Waals surface area contributed by atoms with Gasteiger partial charge in [-0.15, -0.1) is 18.3 Å². The number of halogens is 5. The number of hydrogen-bond donors (Lipinski definition) is 0. The van der Waals surface area contributed by atoms with Gasteiger partial charge >= 0.3 is 6.36 Å². The topological polar surface area (TPSA) is 74.1 Å². The maximum atomic E-state index is 14.2. The zero-order valence-electron chi connectivity index (χ0n) is 15.4. The number of carbonyl (C=O) groups excluding carboxylic acids is 1. The molecule has 1 heterocycles. The molecule has 0 bridgehead atoms. The zero-order chi connectivity index (χ0) is 22.1. The number of ether oxygens (including phenoxy) is 1. The first-order valence-corrected chi connectivity index (χ1v) is 8.63. The van der Waals surface area contributed by atoms with Crippen LogP contribution in [0.15, 0.2) is 41.2 Å². The largest absolute Gasteiger partial charge is 0.573 e. The molecule has 0 spiro atoms. The maximum Gasteiger partial charge on any atom is 0.573 e. The standard InChI is InChI=1S/C19H14F5N3O3/c1-10(14-4-3-13(8-16(14)21)30-19(22,23)24)6-12(28)9-27-18(29)15-7-11(20)2-5-17(15)25-26-27/h2-5,7-8,10H,6,9H2,1H3/t10-/m1/s1. The second-order valence-corrected chi connectivity index (χ2v) is 6.59. The quantitative estimate of drug-likeness (QED) is 0.561. The summed E-state index contributed by atoms with van der Waals surface area (Å²) in [5.74, 6) is -3.51. The number of ketones is 1. The van der Waals surface area contributed by atoms with Crippen molar-refractivity contribution >= 4 is 16.7 Å². The normalized spacial score (nSPS) is 12.7. The average molecular weight is 427 g/mol. The third-order valence-electron chi connectivity index (χ3n) is 4.28. The Labute approximate surface area is 165 Å². The first-order chi connectivity index (χ1) is 14.0. The van der Waals surface area contributed by atoms with Crippen molar-refractivity contribution in [3.8, 4) is 5.75 Å². The number of aromatic nitrogens is 3. The minimum atomic E-state index is -4.95. The molecule has 0 N–H and O–H groups in total. The van der Waals surface area contributed by atoms with Gasteiger partial charge < -0.3 is 4.74 Å². The van der Waals surface area contributed by atoms with Gasteiger partial charge in [0.2, 0.25) is 0 Å². The Kier molecular flexibility index (Phi) is 5.81. The third-order valence-corrected chi connectivity index (χ3v) is 4.28. The van der Waals surface area contributed by atoms with E-state index in [1.54, 1.807) is 0 Å². The van der Waals surface area contributed by atoms with Crippen molar-refractivity contribution in [1.82, 2.24) is 15.0 Å². The van der Waals surface area contributed by atoms with Crippen molar-refractivity contribution in [3.05, 3.63) is 63.9 Å². The highest BCUT2D eigenvalue weighted by molar-refractivity contribution is 5.80. The number of nitrogens with zero attached hydrogens (tertiary/aromatic N) is 3. The molecular formula is C19H14F5N3O3. The predicted molar refractivity (Wildman–Crippen MR) is 94.9 cm³/mol. The Bertz CT molecular complexity index is 1160. The van der Waals surface area contributed by atoms with Crippen LogP contribution in [0.3, 0.4) is 0 Å². The highest BCUT2D eigenvalue weighted by Crippen LogP contribution is 2.28. The van der Waals surface area contributed by atoms with Crippen LogP contribution in [-0.2, 0) is 11.3 Å². The van der Waals surface area contributed by atoms with Gasteiger partial charge in [-0.1, -0.05) is 18.2 Å². The second-order valence-electron chi connectivity index (χ2n) is 6.59. The van der Waals surface area contributed by atoms with E-state index in [-0.39, 0.29) is 22.9 Å². The van der Waals surface area contributed by atoms with Crippen molar-refractivity contribution in [2.75, 3.05) is 0 Å². The zero-order valence-corrected chi connectivity index (χ0v) is 15.4. The molecule has 0 aliphatic rings. The number of carbonyl (C=O) groups is 1. The molecule has 1 atom stereocenters. The van der Waals surface area contributed by atoms with Crippen LogP contribution in [0, 0.1) is 11.6 Å². The summed E-state index contributed by atoms with van der Waals surface area (Å²) in [5, 5.41) is 7.34. The third kappa shape index (κ3) is 4.97. The Hall–Kier alpha value is -3.37. The lowest BCUT2D eigenvalue weighted by molar-refractivity contribution is -0.274. The van der Waals surface area contributed by atoms with Crippen molar-refractivity contribution in [2.24, 2.45) is 0 Å². The first-order valence-electron chi connectivity index (χ1n) is 8.63. The van der Waals surface area contributed by atoms with Crippen molar-refractivity contribution < 1.29 is 31.5 Å². The van der Waals surface area contributed by atoms with Crippen LogP contribution < -0.4 is 10.3 Å². The van der Waals surface area contributed by atoms with Crippen LogP contribution in [0.4, 0.5) is 22.0 Å². The number of hydrogen-bond acceptors (Lipinski definition) is 5. The van der Waals surface area contributed by atoms with Crippen LogP contribution in [0.2, 0.25) is 0 Å². The summed E-state index contributed by atoms with van der Waals surface area (Å²) in [7, 11) is 0. The summed E-state index contributed by atoms with van der Waals surface area (Å²) in [5.41, 5.74) is -0.529. The smallest absolute Gasteiger partial charge is 0.406 e. The molecule has 2 aromatic carbocycles. The Morgan fingerprint density at radius 1 is 1.17 bits per heavy atom. The molecular weight excluding hydrogens is 413 g/mol. The van der Waals surface area contributed by atoms with Gasteiger partial charge in [-0.05, 0) is 35.7 Å². The average Bonchev–Trinajstić information content (AvgIpc) is 2.63. The monoisotopic (exact) mass is 427 g/mol. The lowest BCUT2D eigenvalue weighted by Crippen LogP contribution is -2.28. The predicted octanol–water partition coefficient (Wildman–Crippen LogP) is 3.73. The van der Waals surface area contributed by atoms with Crippen LogP contribution in [0.25, 0.3) is 10.9 Å². The number of rotatable bonds is 6. The molecule has 0 radical (unpaired) electrons. The van der Waals surface area contributed by atoms with Crippen molar-refractivity contribution in [3.63, 3.8) is 0 Å². The van der Waals surface area contributed by atoms with E-state index in [0.29, 0.717) is 6.07 Å². The number of benzene rings is 2. The fraction of sp³-hybridized carbons (Fsp3) is 0.263. The molecule has 6 nitrogen and oxygen atoms in total. The highest BCUT2D eigenvalue weighted by Gasteiger charge is 2.31. The Morgan fingerprint density at radius 3 is 2.57 bits per heavy atom. The van der Waals surface area contributed by atoms with Crippen molar-refractivity contribution in [2.45, 2.75) is 32.2 Å². The van der Waals surface area contributed by atoms with E-state index >= 15 is 0 Å². The number of fused-ring (bicyclic) bond motifs is 1. The van der Waals surface area contributed by atoms with Crippen LogP contribution in [-0.4, -0.2) is 27.1 Å². The fourth-order valence-corrected chi connectivity index (χ4v) is 2.94. The van der Waals surface area contributed by atoms with E-state index in [0.717, 1.165) is 28.9 Å². The second kappa shape index (κ2) is 8.17. The summed E-state index contributed by atoms with van der Waals surface area (Å²) in [6.45, 7) is 1.03. The van der Waals surface area contributed by atoms with E-state index in [9.17, 15) is 31.5 Å². The van der Waals surface area contributed by atoms with Crippen LogP contribution in [0.5, 0.6) is 5.75 Å². The molecule has 3 aromatic rings. The number of alkyl halides is 3. The first kappa shape index (κ1) is 21.3. The molecule has 11 heteroatoms. The van der Waals surface area contributed by atoms with E-state index in [1.165, 1.54) is 13.0 Å². The molecule has 0 saturated heterocycles. The van der Waals surface area contributed by atoms with Gasteiger partial charge in [0, 0.05) is 12.5 Å². The van der Waals surface area contributed by atoms with Gasteiger partial charge in [-0.3, -0.25) is 9.59 Å². The highest BCUT2D eigenvalue weighted by atomic mass is 19.4. The molecule has 158 valence electrons. The minimum Gasteiger partial charge on any atom is -0.406 e. The summed E-state index contributed by atoms with van der Waals surface area (Å²) < 4.78 is 68.6. The minimum absolute atomic E-state index is 0.0110. The van der Waals surface area contributed by atoms with Gasteiger partial charge in [-0.25, -0.2) is 13.5 Å². The summed E-state index contributed by atoms with van der Waals surface area (Å²) in [4.78, 5) is 24.7. The van der Waals surface area contributed by atoms with Crippen LogP contribution in [0.1, 0.15) is 24.8 Å². The van der Waals surface area contributed by atoms with Gasteiger partial charge in [0.1, 0.15) is 29.4 Å². The summed E-state index contributed by atoms with van der Waals surface area (Å²) >= 11 is 0. The van der Waals surface area contributed by atoms with E-state index < -0.39 is 47.6 Å². The SMILES string of the molecule is C[C@H](CC(=O)Cn1nnc2ccc(F)cc2c1=O)c1ccc(OC(F)(F)F)cc1F. The molecule has 0 amide bonds. The van der Waals surface area contributed by atoms with Crippen molar-refractivity contribution in [1.29, 1.82) is 0 Å². The summed E-state index contributed by atoms with van der Waals surface area (Å²) in [6, 6.07) is 6.00. The molecule has 0 fully saturated rings. The lowest BCUT2D eigenvalue weighted by atomic mass is 9.95.